The van der Waals surface area contributed by atoms with Crippen LogP contribution in [-0.2, 0) is 6.42 Å². The van der Waals surface area contributed by atoms with Crippen molar-refractivity contribution in [2.75, 3.05) is 13.2 Å². The zero-order valence-corrected chi connectivity index (χ0v) is 11.0. The van der Waals surface area contributed by atoms with Crippen molar-refractivity contribution in [3.8, 4) is 0 Å². The van der Waals surface area contributed by atoms with E-state index in [1.165, 1.54) is 6.07 Å². The van der Waals surface area contributed by atoms with E-state index in [0.29, 0.717) is 5.92 Å². The quantitative estimate of drug-likeness (QED) is 0.823. The van der Waals surface area contributed by atoms with Crippen LogP contribution in [-0.4, -0.2) is 24.3 Å². The van der Waals surface area contributed by atoms with Crippen molar-refractivity contribution in [2.45, 2.75) is 26.3 Å². The summed E-state index contributed by atoms with van der Waals surface area (Å²) in [6.07, 6.45) is 0.767. The van der Waals surface area contributed by atoms with Crippen LogP contribution in [0.1, 0.15) is 19.4 Å². The topological polar surface area (TPSA) is 32.3 Å². The van der Waals surface area contributed by atoms with Gasteiger partial charge in [0.05, 0.1) is 11.6 Å². The minimum atomic E-state index is -0.390. The summed E-state index contributed by atoms with van der Waals surface area (Å²) < 4.78 is 12.9. The van der Waals surface area contributed by atoms with Crippen molar-refractivity contribution in [1.82, 2.24) is 5.32 Å². The minimum Gasteiger partial charge on any atom is -0.395 e. The molecule has 0 aliphatic rings. The van der Waals surface area contributed by atoms with E-state index in [1.807, 2.05) is 0 Å². The summed E-state index contributed by atoms with van der Waals surface area (Å²) in [5.74, 6) is -0.00408. The van der Waals surface area contributed by atoms with Crippen LogP contribution in [0.2, 0.25) is 5.02 Å². The molecule has 0 radical (unpaired) electrons. The van der Waals surface area contributed by atoms with Crippen LogP contribution in [0.3, 0.4) is 0 Å². The van der Waals surface area contributed by atoms with E-state index < -0.39 is 5.82 Å². The van der Waals surface area contributed by atoms with Gasteiger partial charge < -0.3 is 10.4 Å². The lowest BCUT2D eigenvalue weighted by Gasteiger charge is -2.19. The summed E-state index contributed by atoms with van der Waals surface area (Å²) in [6, 6.07) is 4.85. The second kappa shape index (κ2) is 6.94. The molecule has 17 heavy (non-hydrogen) atoms. The Morgan fingerprint density at radius 1 is 1.41 bits per heavy atom. The predicted octanol–water partition coefficient (Wildman–Crippen LogP) is 2.63. The molecule has 0 spiro atoms. The number of hydrogen-bond donors (Lipinski definition) is 2. The smallest absolute Gasteiger partial charge is 0.141 e. The number of aliphatic hydroxyl groups is 1. The second-order valence-corrected chi connectivity index (χ2v) is 4.89. The van der Waals surface area contributed by atoms with Crippen LogP contribution >= 0.6 is 11.6 Å². The number of nitrogens with one attached hydrogen (secondary N) is 1. The Bertz CT molecular complexity index is 357. The molecule has 1 atom stereocenters. The van der Waals surface area contributed by atoms with E-state index in [9.17, 15) is 4.39 Å². The molecular formula is C13H19ClFNO. The maximum Gasteiger partial charge on any atom is 0.141 e. The molecule has 4 heteroatoms. The normalized spacial score (nSPS) is 13.1. The van der Waals surface area contributed by atoms with Gasteiger partial charge in [-0.25, -0.2) is 4.39 Å². The summed E-state index contributed by atoms with van der Waals surface area (Å²) in [5, 5.41) is 12.6. The third-order valence-corrected chi connectivity index (χ3v) is 3.10. The highest BCUT2D eigenvalue weighted by atomic mass is 35.5. The Morgan fingerprint density at radius 2 is 2.12 bits per heavy atom. The van der Waals surface area contributed by atoms with E-state index in [0.717, 1.165) is 18.5 Å². The molecule has 96 valence electrons. The molecule has 0 heterocycles. The number of halogens is 2. The summed E-state index contributed by atoms with van der Waals surface area (Å²) in [4.78, 5) is 0. The molecule has 0 saturated carbocycles. The first-order valence-electron chi connectivity index (χ1n) is 5.82. The van der Waals surface area contributed by atoms with Gasteiger partial charge >= 0.3 is 0 Å². The van der Waals surface area contributed by atoms with Gasteiger partial charge in [0.1, 0.15) is 5.82 Å². The lowest BCUT2D eigenvalue weighted by atomic mass is 10.0. The maximum absolute atomic E-state index is 12.9. The predicted molar refractivity (Wildman–Crippen MR) is 68.8 cm³/mol. The number of aliphatic hydroxyl groups excluding tert-OH is 1. The zero-order chi connectivity index (χ0) is 12.8. The van der Waals surface area contributed by atoms with Gasteiger partial charge in [-0.3, -0.25) is 0 Å². The van der Waals surface area contributed by atoms with Crippen molar-refractivity contribution in [3.05, 3.63) is 34.6 Å². The first-order chi connectivity index (χ1) is 8.04. The van der Waals surface area contributed by atoms with Gasteiger partial charge in [-0.2, -0.15) is 0 Å². The molecule has 1 aromatic rings. The second-order valence-electron chi connectivity index (χ2n) is 4.49. The lowest BCUT2D eigenvalue weighted by Crippen LogP contribution is -2.38. The highest BCUT2D eigenvalue weighted by Gasteiger charge is 2.10. The average molecular weight is 260 g/mol. The van der Waals surface area contributed by atoms with E-state index in [2.05, 4.69) is 19.2 Å². The highest BCUT2D eigenvalue weighted by molar-refractivity contribution is 6.30. The number of benzene rings is 1. The Balaban J connectivity index is 2.42. The standard InChI is InChI=1S/C13H19ClFNO/c1-9(2)13(8-17)16-6-5-10-3-4-12(15)11(14)7-10/h3-4,7,9,13,16-17H,5-6,8H2,1-2H3. The van der Waals surface area contributed by atoms with Crippen molar-refractivity contribution < 1.29 is 9.50 Å². The molecule has 1 unspecified atom stereocenters. The molecule has 0 aromatic heterocycles. The number of hydrogen-bond acceptors (Lipinski definition) is 2. The third kappa shape index (κ3) is 4.62. The first kappa shape index (κ1) is 14.4. The van der Waals surface area contributed by atoms with Gasteiger partial charge in [0.2, 0.25) is 0 Å². The summed E-state index contributed by atoms with van der Waals surface area (Å²) in [6.45, 7) is 4.98. The molecule has 2 N–H and O–H groups in total. The molecule has 0 saturated heterocycles. The van der Waals surface area contributed by atoms with E-state index >= 15 is 0 Å². The van der Waals surface area contributed by atoms with Crippen molar-refractivity contribution in [3.63, 3.8) is 0 Å². The molecule has 0 bridgehead atoms. The monoisotopic (exact) mass is 259 g/mol. The molecule has 1 aromatic carbocycles. The Morgan fingerprint density at radius 3 is 2.65 bits per heavy atom. The summed E-state index contributed by atoms with van der Waals surface area (Å²) >= 11 is 5.70. The van der Waals surface area contributed by atoms with Crippen LogP contribution in [0.5, 0.6) is 0 Å². The Kier molecular flexibility index (Phi) is 5.89. The van der Waals surface area contributed by atoms with Crippen molar-refractivity contribution in [2.24, 2.45) is 5.92 Å². The van der Waals surface area contributed by atoms with E-state index in [1.54, 1.807) is 12.1 Å². The molecule has 0 aliphatic carbocycles. The maximum atomic E-state index is 12.9. The molecule has 1 rings (SSSR count). The van der Waals surface area contributed by atoms with Gasteiger partial charge in [0.25, 0.3) is 0 Å². The van der Waals surface area contributed by atoms with E-state index in [4.69, 9.17) is 16.7 Å². The molecule has 0 amide bonds. The Hall–Kier alpha value is -0.640. The molecule has 0 aliphatic heterocycles. The largest absolute Gasteiger partial charge is 0.395 e. The van der Waals surface area contributed by atoms with Crippen LogP contribution in [0.15, 0.2) is 18.2 Å². The summed E-state index contributed by atoms with van der Waals surface area (Å²) in [5.41, 5.74) is 0.990. The SMILES string of the molecule is CC(C)C(CO)NCCc1ccc(F)c(Cl)c1. The lowest BCUT2D eigenvalue weighted by molar-refractivity contribution is 0.212. The first-order valence-corrected chi connectivity index (χ1v) is 6.20. The molecule has 0 fully saturated rings. The van der Waals surface area contributed by atoms with Gasteiger partial charge in [-0.15, -0.1) is 0 Å². The fraction of sp³-hybridized carbons (Fsp3) is 0.538. The van der Waals surface area contributed by atoms with Crippen LogP contribution in [0, 0.1) is 11.7 Å². The average Bonchev–Trinajstić information content (AvgIpc) is 2.28. The van der Waals surface area contributed by atoms with Gasteiger partial charge in [-0.1, -0.05) is 31.5 Å². The van der Waals surface area contributed by atoms with Crippen LogP contribution in [0.4, 0.5) is 4.39 Å². The number of rotatable bonds is 6. The minimum absolute atomic E-state index is 0.103. The molecule has 2 nitrogen and oxygen atoms in total. The molecular weight excluding hydrogens is 241 g/mol. The van der Waals surface area contributed by atoms with Gasteiger partial charge in [0.15, 0.2) is 0 Å². The van der Waals surface area contributed by atoms with Crippen LogP contribution < -0.4 is 5.32 Å². The van der Waals surface area contributed by atoms with Crippen molar-refractivity contribution in [1.29, 1.82) is 0 Å². The zero-order valence-electron chi connectivity index (χ0n) is 10.2. The fourth-order valence-electron chi connectivity index (χ4n) is 1.61. The van der Waals surface area contributed by atoms with Gasteiger partial charge in [-0.05, 0) is 36.6 Å². The van der Waals surface area contributed by atoms with Crippen LogP contribution in [0.25, 0.3) is 0 Å². The van der Waals surface area contributed by atoms with Crippen molar-refractivity contribution >= 4 is 11.6 Å². The summed E-state index contributed by atoms with van der Waals surface area (Å²) in [7, 11) is 0. The fourth-order valence-corrected chi connectivity index (χ4v) is 1.81. The van der Waals surface area contributed by atoms with Gasteiger partial charge in [0, 0.05) is 6.04 Å². The highest BCUT2D eigenvalue weighted by Crippen LogP contribution is 2.16. The Labute approximate surface area is 107 Å². The third-order valence-electron chi connectivity index (χ3n) is 2.81. The van der Waals surface area contributed by atoms with E-state index in [-0.39, 0.29) is 17.7 Å².